The molecule has 0 bridgehead atoms. The third-order valence-electron chi connectivity index (χ3n) is 3.19. The fraction of sp³-hybridized carbons (Fsp3) is 0.267. The normalized spacial score (nSPS) is 16.2. The van der Waals surface area contributed by atoms with E-state index in [-0.39, 0.29) is 11.8 Å². The Kier molecular flexibility index (Phi) is 3.97. The molecular formula is C15H14F3NO. The summed E-state index contributed by atoms with van der Waals surface area (Å²) in [7, 11) is 0. The first-order valence-corrected chi connectivity index (χ1v) is 6.17. The Labute approximate surface area is 115 Å². The molecule has 0 radical (unpaired) electrons. The van der Waals surface area contributed by atoms with Crippen LogP contribution in [-0.4, -0.2) is 23.9 Å². The van der Waals surface area contributed by atoms with E-state index in [0.29, 0.717) is 18.7 Å². The van der Waals surface area contributed by atoms with E-state index in [2.05, 4.69) is 6.58 Å². The highest BCUT2D eigenvalue weighted by atomic mass is 19.4. The van der Waals surface area contributed by atoms with E-state index in [9.17, 15) is 18.0 Å². The molecule has 1 aromatic rings. The van der Waals surface area contributed by atoms with Gasteiger partial charge >= 0.3 is 6.18 Å². The van der Waals surface area contributed by atoms with E-state index in [0.717, 1.165) is 12.1 Å². The number of carbonyl (C=O) groups is 1. The number of hydrogen-bond donors (Lipinski definition) is 0. The van der Waals surface area contributed by atoms with Gasteiger partial charge in [-0.05, 0) is 23.8 Å². The number of amides is 1. The number of carbonyl (C=O) groups excluding carboxylic acids is 1. The number of rotatable bonds is 3. The Morgan fingerprint density at radius 3 is 2.35 bits per heavy atom. The quantitative estimate of drug-likeness (QED) is 0.778. The largest absolute Gasteiger partial charge is 0.416 e. The molecule has 1 fully saturated rings. The van der Waals surface area contributed by atoms with Gasteiger partial charge in [0.25, 0.3) is 0 Å². The van der Waals surface area contributed by atoms with Gasteiger partial charge in [0.1, 0.15) is 0 Å². The van der Waals surface area contributed by atoms with Crippen LogP contribution in [0.4, 0.5) is 13.2 Å². The highest BCUT2D eigenvalue weighted by Crippen LogP contribution is 2.29. The Bertz CT molecular complexity index is 525. The zero-order valence-electron chi connectivity index (χ0n) is 10.7. The summed E-state index contributed by atoms with van der Waals surface area (Å²) in [5.74, 6) is 0.158. The summed E-state index contributed by atoms with van der Waals surface area (Å²) in [5.41, 5.74) is 0.0625. The van der Waals surface area contributed by atoms with Gasteiger partial charge in [0.15, 0.2) is 0 Å². The maximum Gasteiger partial charge on any atom is 0.416 e. The number of hydrogen-bond acceptors (Lipinski definition) is 1. The van der Waals surface area contributed by atoms with Crippen LogP contribution in [0, 0.1) is 5.92 Å². The lowest BCUT2D eigenvalue weighted by atomic mass is 9.98. The van der Waals surface area contributed by atoms with Crippen molar-refractivity contribution in [3.63, 3.8) is 0 Å². The second kappa shape index (κ2) is 5.53. The second-order valence-corrected chi connectivity index (χ2v) is 4.69. The molecule has 0 aromatic heterocycles. The van der Waals surface area contributed by atoms with Crippen molar-refractivity contribution in [3.8, 4) is 0 Å². The first-order chi connectivity index (χ1) is 9.40. The van der Waals surface area contributed by atoms with Crippen LogP contribution in [0.3, 0.4) is 0 Å². The van der Waals surface area contributed by atoms with Gasteiger partial charge in [-0.3, -0.25) is 4.79 Å². The minimum atomic E-state index is -4.30. The van der Waals surface area contributed by atoms with E-state index >= 15 is 0 Å². The Balaban J connectivity index is 1.90. The Morgan fingerprint density at radius 1 is 1.25 bits per heavy atom. The second-order valence-electron chi connectivity index (χ2n) is 4.69. The fourth-order valence-electron chi connectivity index (χ4n) is 1.97. The molecule has 106 valence electrons. The number of likely N-dealkylation sites (tertiary alicyclic amines) is 1. The summed E-state index contributed by atoms with van der Waals surface area (Å²) in [6.07, 6.45) is 0.660. The van der Waals surface area contributed by atoms with Crippen molar-refractivity contribution in [1.82, 2.24) is 4.90 Å². The minimum Gasteiger partial charge on any atom is -0.338 e. The first kappa shape index (κ1) is 14.4. The van der Waals surface area contributed by atoms with Crippen molar-refractivity contribution in [2.45, 2.75) is 6.18 Å². The molecule has 1 heterocycles. The van der Waals surface area contributed by atoms with Crippen LogP contribution in [0.1, 0.15) is 11.1 Å². The van der Waals surface area contributed by atoms with E-state index in [1.165, 1.54) is 18.2 Å². The smallest absolute Gasteiger partial charge is 0.338 e. The standard InChI is InChI=1S/C15H14F3NO/c1-2-14(20)19-9-12(10-19)4-3-11-5-7-13(8-6-11)15(16,17)18/h2-8,12H,1,9-10H2/b4-3+. The van der Waals surface area contributed by atoms with Gasteiger partial charge < -0.3 is 4.90 Å². The predicted molar refractivity (Wildman–Crippen MR) is 70.7 cm³/mol. The number of nitrogens with zero attached hydrogens (tertiary/aromatic N) is 1. The summed E-state index contributed by atoms with van der Waals surface area (Å²) in [5, 5.41) is 0. The molecule has 0 spiro atoms. The van der Waals surface area contributed by atoms with Gasteiger partial charge in [-0.25, -0.2) is 0 Å². The van der Waals surface area contributed by atoms with Crippen LogP contribution < -0.4 is 0 Å². The SMILES string of the molecule is C=CC(=O)N1CC(/C=C/c2ccc(C(F)(F)F)cc2)C1. The van der Waals surface area contributed by atoms with Crippen molar-refractivity contribution < 1.29 is 18.0 Å². The number of halogens is 3. The van der Waals surface area contributed by atoms with Gasteiger partial charge in [-0.15, -0.1) is 0 Å². The molecule has 1 aliphatic rings. The summed E-state index contributed by atoms with van der Waals surface area (Å²) in [6, 6.07) is 5.00. The van der Waals surface area contributed by atoms with Crippen molar-refractivity contribution in [2.75, 3.05) is 13.1 Å². The summed E-state index contributed by atoms with van der Waals surface area (Å²) < 4.78 is 37.2. The van der Waals surface area contributed by atoms with Crippen molar-refractivity contribution in [1.29, 1.82) is 0 Å². The first-order valence-electron chi connectivity index (χ1n) is 6.17. The molecule has 2 nitrogen and oxygen atoms in total. The third-order valence-corrected chi connectivity index (χ3v) is 3.19. The van der Waals surface area contributed by atoms with Gasteiger partial charge in [0, 0.05) is 19.0 Å². The maximum absolute atomic E-state index is 12.4. The zero-order chi connectivity index (χ0) is 14.8. The van der Waals surface area contributed by atoms with Crippen LogP contribution >= 0.6 is 0 Å². The lowest BCUT2D eigenvalue weighted by Crippen LogP contribution is -2.48. The predicted octanol–water partition coefficient (Wildman–Crippen LogP) is 3.36. The highest BCUT2D eigenvalue weighted by molar-refractivity contribution is 5.87. The molecule has 0 atom stereocenters. The van der Waals surface area contributed by atoms with Gasteiger partial charge in [0.05, 0.1) is 5.56 Å². The molecule has 2 rings (SSSR count). The zero-order valence-corrected chi connectivity index (χ0v) is 10.7. The molecule has 1 aromatic carbocycles. The number of benzene rings is 1. The lowest BCUT2D eigenvalue weighted by molar-refractivity contribution is -0.137. The van der Waals surface area contributed by atoms with Crippen molar-refractivity contribution >= 4 is 12.0 Å². The lowest BCUT2D eigenvalue weighted by Gasteiger charge is -2.37. The van der Waals surface area contributed by atoms with Crippen LogP contribution in [-0.2, 0) is 11.0 Å². The van der Waals surface area contributed by atoms with E-state index < -0.39 is 11.7 Å². The molecule has 1 saturated heterocycles. The Hall–Kier alpha value is -2.04. The number of alkyl halides is 3. The van der Waals surface area contributed by atoms with Crippen LogP contribution in [0.25, 0.3) is 6.08 Å². The van der Waals surface area contributed by atoms with Crippen molar-refractivity contribution in [2.24, 2.45) is 5.92 Å². The van der Waals surface area contributed by atoms with Gasteiger partial charge in [-0.2, -0.15) is 13.2 Å². The third kappa shape index (κ3) is 3.29. The molecule has 0 unspecified atom stereocenters. The van der Waals surface area contributed by atoms with E-state index in [4.69, 9.17) is 0 Å². The minimum absolute atomic E-state index is 0.0934. The molecule has 20 heavy (non-hydrogen) atoms. The average Bonchev–Trinajstić information content (AvgIpc) is 2.36. The Morgan fingerprint density at radius 2 is 1.85 bits per heavy atom. The summed E-state index contributed by atoms with van der Waals surface area (Å²) in [6.45, 7) is 4.66. The van der Waals surface area contributed by atoms with Crippen LogP contribution in [0.15, 0.2) is 43.0 Å². The fourth-order valence-corrected chi connectivity index (χ4v) is 1.97. The van der Waals surface area contributed by atoms with Crippen LogP contribution in [0.5, 0.6) is 0 Å². The topological polar surface area (TPSA) is 20.3 Å². The molecular weight excluding hydrogens is 267 g/mol. The maximum atomic E-state index is 12.4. The summed E-state index contributed by atoms with van der Waals surface area (Å²) in [4.78, 5) is 12.9. The molecule has 1 aliphatic heterocycles. The van der Waals surface area contributed by atoms with E-state index in [1.807, 2.05) is 6.08 Å². The van der Waals surface area contributed by atoms with Gasteiger partial charge in [-0.1, -0.05) is 30.9 Å². The van der Waals surface area contributed by atoms with Crippen LogP contribution in [0.2, 0.25) is 0 Å². The molecule has 1 amide bonds. The molecule has 0 N–H and O–H groups in total. The summed E-state index contributed by atoms with van der Waals surface area (Å²) >= 11 is 0. The van der Waals surface area contributed by atoms with E-state index in [1.54, 1.807) is 11.0 Å². The highest BCUT2D eigenvalue weighted by Gasteiger charge is 2.30. The monoisotopic (exact) mass is 281 g/mol. The molecule has 0 saturated carbocycles. The average molecular weight is 281 g/mol. The molecule has 0 aliphatic carbocycles. The van der Waals surface area contributed by atoms with Gasteiger partial charge in [0.2, 0.25) is 5.91 Å². The molecule has 5 heteroatoms. The van der Waals surface area contributed by atoms with Crippen molar-refractivity contribution in [3.05, 3.63) is 54.1 Å².